The van der Waals surface area contributed by atoms with Gasteiger partial charge in [0.1, 0.15) is 5.82 Å². The van der Waals surface area contributed by atoms with Gasteiger partial charge in [-0.25, -0.2) is 14.2 Å². The molecule has 0 saturated heterocycles. The van der Waals surface area contributed by atoms with E-state index in [1.165, 1.54) is 17.0 Å². The molecular weight excluding hydrogens is 290 g/mol. The van der Waals surface area contributed by atoms with Crippen LogP contribution in [0, 0.1) is 17.7 Å². The number of carbonyl (C=O) groups excluding carboxylic acids is 1. The molecule has 0 aliphatic carbocycles. The van der Waals surface area contributed by atoms with Crippen molar-refractivity contribution < 1.29 is 18.3 Å². The monoisotopic (exact) mass is 308 g/mol. The Morgan fingerprint density at radius 3 is 2.59 bits per heavy atom. The van der Waals surface area contributed by atoms with Gasteiger partial charge in [-0.1, -0.05) is 32.0 Å². The van der Waals surface area contributed by atoms with E-state index >= 15 is 0 Å². The van der Waals surface area contributed by atoms with Gasteiger partial charge in [-0.2, -0.15) is 4.39 Å². The molecule has 0 radical (unpaired) electrons. The maximum atomic E-state index is 13.9. The van der Waals surface area contributed by atoms with E-state index in [0.717, 1.165) is 0 Å². The van der Waals surface area contributed by atoms with Gasteiger partial charge in [0.25, 0.3) is 0 Å². The summed E-state index contributed by atoms with van der Waals surface area (Å²) in [6, 6.07) is 5.56. The number of imidazole rings is 1. The molecule has 4 nitrogen and oxygen atoms in total. The molecule has 22 heavy (non-hydrogen) atoms. The van der Waals surface area contributed by atoms with Gasteiger partial charge in [-0.05, 0) is 18.9 Å². The minimum absolute atomic E-state index is 0.132. The number of hydrogen-bond acceptors (Lipinski definition) is 3. The van der Waals surface area contributed by atoms with Crippen LogP contribution in [0.4, 0.5) is 8.78 Å². The van der Waals surface area contributed by atoms with Crippen LogP contribution in [-0.4, -0.2) is 22.1 Å². The van der Waals surface area contributed by atoms with E-state index in [9.17, 15) is 13.6 Å². The summed E-state index contributed by atoms with van der Waals surface area (Å²) in [5.41, 5.74) is 0.0502. The van der Waals surface area contributed by atoms with Crippen molar-refractivity contribution >= 4 is 5.97 Å². The number of nitrogens with zero attached hydrogens (tertiary/aromatic N) is 2. The third-order valence-corrected chi connectivity index (χ3v) is 3.26. The highest BCUT2D eigenvalue weighted by Gasteiger charge is 2.25. The summed E-state index contributed by atoms with van der Waals surface area (Å²) in [7, 11) is 0. The van der Waals surface area contributed by atoms with Gasteiger partial charge in [0.2, 0.25) is 5.95 Å². The van der Waals surface area contributed by atoms with Crippen LogP contribution < -0.4 is 0 Å². The van der Waals surface area contributed by atoms with E-state index < -0.39 is 23.8 Å². The molecule has 0 spiro atoms. The van der Waals surface area contributed by atoms with Crippen molar-refractivity contribution in [3.05, 3.63) is 53.6 Å². The van der Waals surface area contributed by atoms with Crippen molar-refractivity contribution in [2.75, 3.05) is 6.61 Å². The highest BCUT2D eigenvalue weighted by Crippen LogP contribution is 2.23. The first-order valence-corrected chi connectivity index (χ1v) is 7.05. The van der Waals surface area contributed by atoms with Crippen LogP contribution in [0.1, 0.15) is 42.9 Å². The normalized spacial score (nSPS) is 12.5. The lowest BCUT2D eigenvalue weighted by Gasteiger charge is -2.17. The number of esters is 1. The molecule has 0 aliphatic rings. The number of aromatic nitrogens is 2. The maximum absolute atomic E-state index is 13.9. The molecule has 0 saturated carbocycles. The second kappa shape index (κ2) is 6.68. The lowest BCUT2D eigenvalue weighted by atomic mass is 10.1. The van der Waals surface area contributed by atoms with Gasteiger partial charge in [0, 0.05) is 5.56 Å². The summed E-state index contributed by atoms with van der Waals surface area (Å²) in [4.78, 5) is 15.6. The predicted molar refractivity (Wildman–Crippen MR) is 77.5 cm³/mol. The first kappa shape index (κ1) is 16.1. The number of rotatable bonds is 5. The fourth-order valence-corrected chi connectivity index (χ4v) is 2.10. The minimum Gasteiger partial charge on any atom is -0.461 e. The molecule has 6 heteroatoms. The molecular formula is C16H18F2N2O2. The van der Waals surface area contributed by atoms with Crippen molar-refractivity contribution in [3.8, 4) is 0 Å². The molecule has 2 aromatic rings. The largest absolute Gasteiger partial charge is 0.461 e. The van der Waals surface area contributed by atoms with E-state index in [-0.39, 0.29) is 18.2 Å². The highest BCUT2D eigenvalue weighted by molar-refractivity contribution is 5.87. The van der Waals surface area contributed by atoms with E-state index in [1.54, 1.807) is 25.1 Å². The Morgan fingerprint density at radius 2 is 1.95 bits per heavy atom. The first-order valence-electron chi connectivity index (χ1n) is 7.05. The van der Waals surface area contributed by atoms with E-state index in [0.29, 0.717) is 5.56 Å². The van der Waals surface area contributed by atoms with Gasteiger partial charge >= 0.3 is 5.97 Å². The van der Waals surface area contributed by atoms with Crippen molar-refractivity contribution in [1.82, 2.24) is 9.55 Å². The summed E-state index contributed by atoms with van der Waals surface area (Å²) in [6.07, 6.45) is 1.18. The Labute approximate surface area is 127 Å². The molecule has 1 atom stereocenters. The van der Waals surface area contributed by atoms with Crippen molar-refractivity contribution in [3.63, 3.8) is 0 Å². The third-order valence-electron chi connectivity index (χ3n) is 3.26. The van der Waals surface area contributed by atoms with E-state index in [4.69, 9.17) is 4.74 Å². The summed E-state index contributed by atoms with van der Waals surface area (Å²) >= 11 is 0. The average molecular weight is 308 g/mol. The number of ether oxygens (including phenoxy) is 1. The van der Waals surface area contributed by atoms with Crippen molar-refractivity contribution in [2.24, 2.45) is 5.92 Å². The fourth-order valence-electron chi connectivity index (χ4n) is 2.10. The molecule has 0 aliphatic heterocycles. The van der Waals surface area contributed by atoms with Crippen LogP contribution >= 0.6 is 0 Å². The summed E-state index contributed by atoms with van der Waals surface area (Å²) in [6.45, 7) is 5.60. The second-order valence-corrected chi connectivity index (χ2v) is 5.48. The number of benzene rings is 1. The van der Waals surface area contributed by atoms with Crippen LogP contribution in [0.3, 0.4) is 0 Å². The molecule has 1 aromatic heterocycles. The van der Waals surface area contributed by atoms with Gasteiger partial charge in [0.15, 0.2) is 5.69 Å². The van der Waals surface area contributed by atoms with Crippen LogP contribution in [0.15, 0.2) is 30.6 Å². The van der Waals surface area contributed by atoms with Crippen LogP contribution in [0.2, 0.25) is 0 Å². The molecule has 118 valence electrons. The molecule has 1 heterocycles. The van der Waals surface area contributed by atoms with Gasteiger partial charge in [-0.15, -0.1) is 0 Å². The van der Waals surface area contributed by atoms with E-state index in [1.807, 2.05) is 13.8 Å². The summed E-state index contributed by atoms with van der Waals surface area (Å²) in [5, 5.41) is 0. The standard InChI is InChI=1S/C16H18F2N2O2/c1-10(2)8-22-16(21)14-15(18)19-9-20(14)11(3)12-6-4-5-7-13(12)17/h4-7,9-11H,8H2,1-3H3/t11-/m1/s1. The second-order valence-electron chi connectivity index (χ2n) is 5.48. The quantitative estimate of drug-likeness (QED) is 0.793. The SMILES string of the molecule is CC(C)COC(=O)c1c(F)ncn1[C@H](C)c1ccccc1F. The Balaban J connectivity index is 2.33. The molecule has 0 fully saturated rings. The maximum Gasteiger partial charge on any atom is 0.359 e. The highest BCUT2D eigenvalue weighted by atomic mass is 19.1. The van der Waals surface area contributed by atoms with Crippen molar-refractivity contribution in [1.29, 1.82) is 0 Å². The fraction of sp³-hybridized carbons (Fsp3) is 0.375. The van der Waals surface area contributed by atoms with Crippen LogP contribution in [0.5, 0.6) is 0 Å². The van der Waals surface area contributed by atoms with Crippen LogP contribution in [0.25, 0.3) is 0 Å². The Hall–Kier alpha value is -2.24. The zero-order chi connectivity index (χ0) is 16.3. The molecule has 1 aromatic carbocycles. The zero-order valence-corrected chi connectivity index (χ0v) is 12.7. The third kappa shape index (κ3) is 3.32. The first-order chi connectivity index (χ1) is 10.4. The molecule has 0 unspecified atom stereocenters. The Bertz CT molecular complexity index is 668. The smallest absolute Gasteiger partial charge is 0.359 e. The number of carbonyl (C=O) groups is 1. The Morgan fingerprint density at radius 1 is 1.27 bits per heavy atom. The van der Waals surface area contributed by atoms with Gasteiger partial charge < -0.3 is 9.30 Å². The molecule has 0 bridgehead atoms. The predicted octanol–water partition coefficient (Wildman–Crippen LogP) is 3.58. The summed E-state index contributed by atoms with van der Waals surface area (Å²) < 4.78 is 34.1. The number of hydrogen-bond donors (Lipinski definition) is 0. The molecule has 0 N–H and O–H groups in total. The summed E-state index contributed by atoms with van der Waals surface area (Å²) in [5.74, 6) is -2.01. The van der Waals surface area contributed by atoms with E-state index in [2.05, 4.69) is 4.98 Å². The zero-order valence-electron chi connectivity index (χ0n) is 12.7. The lowest BCUT2D eigenvalue weighted by molar-refractivity contribution is 0.0439. The molecule has 0 amide bonds. The van der Waals surface area contributed by atoms with Gasteiger partial charge in [0.05, 0.1) is 19.0 Å². The molecule has 2 rings (SSSR count). The van der Waals surface area contributed by atoms with Crippen LogP contribution in [-0.2, 0) is 4.74 Å². The minimum atomic E-state index is -0.919. The topological polar surface area (TPSA) is 44.1 Å². The average Bonchev–Trinajstić information content (AvgIpc) is 2.86. The lowest BCUT2D eigenvalue weighted by Crippen LogP contribution is -2.19. The Kier molecular flexibility index (Phi) is 4.90. The number of halogens is 2. The van der Waals surface area contributed by atoms with Gasteiger partial charge in [-0.3, -0.25) is 0 Å². The van der Waals surface area contributed by atoms with Crippen molar-refractivity contribution in [2.45, 2.75) is 26.8 Å².